The highest BCUT2D eigenvalue weighted by Gasteiger charge is 2.49. The van der Waals surface area contributed by atoms with Crippen molar-refractivity contribution in [3.8, 4) is 0 Å². The highest BCUT2D eigenvalue weighted by Crippen LogP contribution is 2.46. The summed E-state index contributed by atoms with van der Waals surface area (Å²) in [6.45, 7) is 8.72. The molecule has 1 amide bonds. The van der Waals surface area contributed by atoms with Crippen molar-refractivity contribution in [1.82, 2.24) is 4.90 Å². The molecule has 4 nitrogen and oxygen atoms in total. The summed E-state index contributed by atoms with van der Waals surface area (Å²) in [5.74, 6) is 0.533. The van der Waals surface area contributed by atoms with Crippen molar-refractivity contribution in [2.75, 3.05) is 6.54 Å². The first-order valence-corrected chi connectivity index (χ1v) is 13.9. The van der Waals surface area contributed by atoms with Gasteiger partial charge in [-0.1, -0.05) is 87.0 Å². The van der Waals surface area contributed by atoms with Gasteiger partial charge in [0.2, 0.25) is 5.91 Å². The first-order chi connectivity index (χ1) is 17.6. The smallest absolute Gasteiger partial charge is 0.223 e. The van der Waals surface area contributed by atoms with Crippen LogP contribution in [0, 0.1) is 11.3 Å². The fourth-order valence-corrected chi connectivity index (χ4v) is 6.50. The number of amides is 1. The van der Waals surface area contributed by atoms with Crippen LogP contribution in [0.3, 0.4) is 0 Å². The third-order valence-corrected chi connectivity index (χ3v) is 8.45. The van der Waals surface area contributed by atoms with Crippen LogP contribution in [0.4, 0.5) is 0 Å². The lowest BCUT2D eigenvalue weighted by molar-refractivity contribution is -0.147. The van der Waals surface area contributed by atoms with Gasteiger partial charge in [0.15, 0.2) is 5.78 Å². The molecule has 1 heterocycles. The number of carbonyl (C=O) groups excluding carboxylic acids is 2. The predicted molar refractivity (Wildman–Crippen MR) is 149 cm³/mol. The fourth-order valence-electron chi connectivity index (χ4n) is 6.50. The quantitative estimate of drug-likeness (QED) is 0.449. The molecule has 1 saturated heterocycles. The third-order valence-electron chi connectivity index (χ3n) is 8.45. The molecule has 0 spiro atoms. The Morgan fingerprint density at radius 2 is 1.54 bits per heavy atom. The second-order valence-corrected chi connectivity index (χ2v) is 12.3. The summed E-state index contributed by atoms with van der Waals surface area (Å²) in [7, 11) is 0. The van der Waals surface area contributed by atoms with Gasteiger partial charge < -0.3 is 10.0 Å². The van der Waals surface area contributed by atoms with Crippen molar-refractivity contribution in [1.29, 1.82) is 0 Å². The van der Waals surface area contributed by atoms with Crippen LogP contribution in [0.2, 0.25) is 0 Å². The van der Waals surface area contributed by atoms with Gasteiger partial charge in [0.1, 0.15) is 0 Å². The summed E-state index contributed by atoms with van der Waals surface area (Å²) >= 11 is 0. The van der Waals surface area contributed by atoms with Crippen molar-refractivity contribution < 1.29 is 14.7 Å². The maximum Gasteiger partial charge on any atom is 0.223 e. The lowest BCUT2D eigenvalue weighted by atomic mass is 9.66. The summed E-state index contributed by atoms with van der Waals surface area (Å²) in [4.78, 5) is 27.2. The van der Waals surface area contributed by atoms with E-state index in [-0.39, 0.29) is 29.1 Å². The van der Waals surface area contributed by atoms with E-state index < -0.39 is 5.60 Å². The number of benzene rings is 2. The normalized spacial score (nSPS) is 24.7. The maximum absolute atomic E-state index is 13.7. The van der Waals surface area contributed by atoms with Crippen LogP contribution < -0.4 is 0 Å². The minimum atomic E-state index is -0.950. The van der Waals surface area contributed by atoms with Crippen LogP contribution in [0.1, 0.15) is 89.7 Å². The van der Waals surface area contributed by atoms with Crippen LogP contribution in [0.15, 0.2) is 72.3 Å². The molecule has 1 aliphatic heterocycles. The van der Waals surface area contributed by atoms with Crippen LogP contribution in [-0.2, 0) is 9.59 Å². The Morgan fingerprint density at radius 1 is 1.00 bits per heavy atom. The van der Waals surface area contributed by atoms with E-state index in [0.717, 1.165) is 36.8 Å². The summed E-state index contributed by atoms with van der Waals surface area (Å²) < 4.78 is 0. The second kappa shape index (κ2) is 11.3. The van der Waals surface area contributed by atoms with E-state index >= 15 is 0 Å². The van der Waals surface area contributed by atoms with E-state index in [1.807, 2.05) is 36.4 Å². The number of rotatable bonds is 6. The molecule has 37 heavy (non-hydrogen) atoms. The zero-order chi connectivity index (χ0) is 26.6. The number of hydrogen-bond acceptors (Lipinski definition) is 3. The van der Waals surface area contributed by atoms with Gasteiger partial charge in [0, 0.05) is 24.9 Å². The van der Waals surface area contributed by atoms with Crippen LogP contribution in [0.25, 0.3) is 0 Å². The van der Waals surface area contributed by atoms with E-state index in [0.29, 0.717) is 31.7 Å². The van der Waals surface area contributed by atoms with Gasteiger partial charge in [-0.15, -0.1) is 0 Å². The highest BCUT2D eigenvalue weighted by atomic mass is 16.3. The Labute approximate surface area is 222 Å². The first-order valence-electron chi connectivity index (χ1n) is 13.9. The number of hydrogen-bond donors (Lipinski definition) is 1. The van der Waals surface area contributed by atoms with Crippen molar-refractivity contribution in [3.63, 3.8) is 0 Å². The van der Waals surface area contributed by atoms with E-state index in [1.54, 1.807) is 13.0 Å². The lowest BCUT2D eigenvalue weighted by Gasteiger charge is -2.52. The van der Waals surface area contributed by atoms with E-state index in [4.69, 9.17) is 0 Å². The van der Waals surface area contributed by atoms with Crippen LogP contribution in [0.5, 0.6) is 0 Å². The highest BCUT2D eigenvalue weighted by molar-refractivity contribution is 5.88. The maximum atomic E-state index is 13.7. The summed E-state index contributed by atoms with van der Waals surface area (Å²) in [6, 6.07) is 20.6. The number of nitrogens with zero attached hydrogens (tertiary/aromatic N) is 1. The molecular weight excluding hydrogens is 458 g/mol. The van der Waals surface area contributed by atoms with Gasteiger partial charge in [-0.05, 0) is 74.0 Å². The Bertz CT molecular complexity index is 1050. The molecule has 2 aromatic carbocycles. The molecule has 198 valence electrons. The molecule has 2 atom stereocenters. The van der Waals surface area contributed by atoms with Crippen LogP contribution in [-0.4, -0.2) is 39.9 Å². The average Bonchev–Trinajstić information content (AvgIpc) is 2.85. The van der Waals surface area contributed by atoms with Gasteiger partial charge in [-0.25, -0.2) is 0 Å². The van der Waals surface area contributed by atoms with E-state index in [1.165, 1.54) is 5.57 Å². The molecule has 0 radical (unpaired) electrons. The van der Waals surface area contributed by atoms with Gasteiger partial charge in [0.05, 0.1) is 5.60 Å². The van der Waals surface area contributed by atoms with Crippen LogP contribution >= 0.6 is 0 Å². The van der Waals surface area contributed by atoms with Crippen molar-refractivity contribution in [3.05, 3.63) is 83.4 Å². The molecule has 0 aromatic heterocycles. The zero-order valence-electron chi connectivity index (χ0n) is 23.0. The number of ketones is 1. The predicted octanol–water partition coefficient (Wildman–Crippen LogP) is 6.68. The summed E-state index contributed by atoms with van der Waals surface area (Å²) in [5.41, 5.74) is 2.33. The number of piperidine rings is 1. The SMILES string of the molecule is CC(=O)C=C1CCC(CC(=O)N2CCC(O)(C(c3ccccc3)c3ccccc3)CC2C(C)(C)C)CC1. The standard InChI is InChI=1S/C33H43NO3/c1-24(35)21-25-15-17-26(18-16-25)22-30(36)34-20-19-33(37,23-29(34)32(2,3)4)31(27-11-7-5-8-12-27)28-13-9-6-10-14-28/h5-14,21,26,29,31,37H,15-20,22-23H2,1-4H3. The molecule has 2 fully saturated rings. The van der Waals surface area contributed by atoms with Gasteiger partial charge in [0.25, 0.3) is 0 Å². The molecule has 1 aliphatic carbocycles. The number of carbonyl (C=O) groups is 2. The van der Waals surface area contributed by atoms with Gasteiger partial charge in [-0.2, -0.15) is 0 Å². The zero-order valence-corrected chi connectivity index (χ0v) is 23.0. The summed E-state index contributed by atoms with van der Waals surface area (Å²) in [6.07, 6.45) is 7.18. The molecule has 4 heteroatoms. The largest absolute Gasteiger partial charge is 0.389 e. The molecule has 2 unspecified atom stereocenters. The topological polar surface area (TPSA) is 57.6 Å². The minimum absolute atomic E-state index is 0.0505. The van der Waals surface area contributed by atoms with E-state index in [2.05, 4.69) is 49.9 Å². The Kier molecular flexibility index (Phi) is 8.38. The lowest BCUT2D eigenvalue weighted by Crippen LogP contribution is -2.59. The number of allylic oxidation sites excluding steroid dienone is 2. The Morgan fingerprint density at radius 3 is 2.03 bits per heavy atom. The van der Waals surface area contributed by atoms with Gasteiger partial charge in [-0.3, -0.25) is 9.59 Å². The molecule has 4 rings (SSSR count). The molecule has 0 bridgehead atoms. The van der Waals surface area contributed by atoms with Gasteiger partial charge >= 0.3 is 0 Å². The van der Waals surface area contributed by atoms with Crippen molar-refractivity contribution in [2.45, 2.75) is 90.2 Å². The average molecular weight is 502 g/mol. The molecular formula is C33H43NO3. The first kappa shape index (κ1) is 27.3. The summed E-state index contributed by atoms with van der Waals surface area (Å²) in [5, 5.41) is 12.3. The fraction of sp³-hybridized carbons (Fsp3) is 0.515. The number of aliphatic hydroxyl groups is 1. The van der Waals surface area contributed by atoms with Crippen molar-refractivity contribution >= 4 is 11.7 Å². The Balaban J connectivity index is 1.54. The second-order valence-electron chi connectivity index (χ2n) is 12.3. The monoisotopic (exact) mass is 501 g/mol. The molecule has 2 aromatic rings. The van der Waals surface area contributed by atoms with Crippen molar-refractivity contribution in [2.24, 2.45) is 11.3 Å². The number of likely N-dealkylation sites (tertiary alicyclic amines) is 1. The van der Waals surface area contributed by atoms with E-state index in [9.17, 15) is 14.7 Å². The Hall–Kier alpha value is -2.72. The molecule has 2 aliphatic rings. The third kappa shape index (κ3) is 6.59. The molecule has 1 saturated carbocycles. The molecule has 1 N–H and O–H groups in total. The minimum Gasteiger partial charge on any atom is -0.389 e.